The van der Waals surface area contributed by atoms with Crippen molar-refractivity contribution >= 4 is 49.4 Å². The van der Waals surface area contributed by atoms with Gasteiger partial charge in [-0.25, -0.2) is 4.99 Å². The number of hydrogen-bond acceptors (Lipinski definition) is 3. The standard InChI is InChI=1S/C51H37N5/c1-4-16-34(17-5-1)49-52-50(35-18-6-2-7-19-35)54-51(53-49)56-44-27-12-10-24-41(44)43-33-37(30-31-46(43)56)36-20-14-21-38(32-36)40-26-15-29-47-48(40)42-25-11-13-28-45(42)55(47)39-22-8-3-9-23-39/h1-33,49,51,53H,(H,52,54). The quantitative estimate of drug-likeness (QED) is 0.180. The van der Waals surface area contributed by atoms with Crippen LogP contribution in [-0.2, 0) is 0 Å². The Kier molecular flexibility index (Phi) is 7.64. The van der Waals surface area contributed by atoms with E-state index in [1.165, 1.54) is 54.8 Å². The summed E-state index contributed by atoms with van der Waals surface area (Å²) in [6.45, 7) is 0. The fourth-order valence-corrected chi connectivity index (χ4v) is 8.66. The van der Waals surface area contributed by atoms with Gasteiger partial charge in [0.2, 0.25) is 0 Å². The fourth-order valence-electron chi connectivity index (χ4n) is 8.66. The van der Waals surface area contributed by atoms with E-state index in [0.717, 1.165) is 33.7 Å². The molecule has 10 aromatic rings. The molecule has 2 N–H and O–H groups in total. The van der Waals surface area contributed by atoms with Crippen LogP contribution < -0.4 is 10.6 Å². The van der Waals surface area contributed by atoms with Gasteiger partial charge in [0.15, 0.2) is 6.29 Å². The Labute approximate surface area is 324 Å². The predicted octanol–water partition coefficient (Wildman–Crippen LogP) is 12.0. The highest BCUT2D eigenvalue weighted by Crippen LogP contribution is 2.41. The summed E-state index contributed by atoms with van der Waals surface area (Å²) in [6.07, 6.45) is -0.468. The molecule has 5 nitrogen and oxygen atoms in total. The van der Waals surface area contributed by atoms with Gasteiger partial charge in [0.05, 0.1) is 22.1 Å². The molecule has 1 aliphatic heterocycles. The Morgan fingerprint density at radius 3 is 1.86 bits per heavy atom. The Morgan fingerprint density at radius 2 is 1.04 bits per heavy atom. The van der Waals surface area contributed by atoms with Crippen LogP contribution >= 0.6 is 0 Å². The lowest BCUT2D eigenvalue weighted by atomic mass is 9.95. The van der Waals surface area contributed by atoms with E-state index < -0.39 is 0 Å². The van der Waals surface area contributed by atoms with Gasteiger partial charge in [0.1, 0.15) is 12.0 Å². The SMILES string of the molecule is c1ccc(C2=NC(n3c4ccccc4c4cc(-c5cccc(-c6cccc7c6c6ccccc6n7-c6ccccc6)c5)ccc43)NC(c3ccccc3)N2)cc1. The Bertz CT molecular complexity index is 3090. The Balaban J connectivity index is 1.04. The zero-order chi connectivity index (χ0) is 37.0. The number of hydrogen-bond donors (Lipinski definition) is 2. The summed E-state index contributed by atoms with van der Waals surface area (Å²) >= 11 is 0. The first-order valence-corrected chi connectivity index (χ1v) is 19.2. The lowest BCUT2D eigenvalue weighted by Crippen LogP contribution is -2.46. The summed E-state index contributed by atoms with van der Waals surface area (Å²) in [6, 6.07) is 71.6. The van der Waals surface area contributed by atoms with E-state index in [-0.39, 0.29) is 12.5 Å². The first-order chi connectivity index (χ1) is 27.8. The molecule has 266 valence electrons. The molecule has 0 fully saturated rings. The normalized spacial score (nSPS) is 15.7. The van der Waals surface area contributed by atoms with Gasteiger partial charge >= 0.3 is 0 Å². The molecule has 0 spiro atoms. The molecule has 3 heterocycles. The van der Waals surface area contributed by atoms with E-state index in [9.17, 15) is 0 Å². The predicted molar refractivity (Wildman–Crippen MR) is 232 cm³/mol. The van der Waals surface area contributed by atoms with Crippen LogP contribution in [0.5, 0.6) is 0 Å². The molecular formula is C51H37N5. The van der Waals surface area contributed by atoms with Gasteiger partial charge in [-0.15, -0.1) is 0 Å². The minimum Gasteiger partial charge on any atom is -0.350 e. The lowest BCUT2D eigenvalue weighted by Gasteiger charge is -2.33. The van der Waals surface area contributed by atoms with Gasteiger partial charge in [0.25, 0.3) is 0 Å². The van der Waals surface area contributed by atoms with Gasteiger partial charge in [-0.1, -0.05) is 152 Å². The van der Waals surface area contributed by atoms with Crippen molar-refractivity contribution in [3.05, 3.63) is 211 Å². The second-order valence-corrected chi connectivity index (χ2v) is 14.5. The summed E-state index contributed by atoms with van der Waals surface area (Å²) < 4.78 is 4.74. The van der Waals surface area contributed by atoms with Crippen molar-refractivity contribution in [1.82, 2.24) is 19.8 Å². The van der Waals surface area contributed by atoms with Crippen LogP contribution in [0.3, 0.4) is 0 Å². The monoisotopic (exact) mass is 719 g/mol. The van der Waals surface area contributed by atoms with E-state index in [0.29, 0.717) is 0 Å². The van der Waals surface area contributed by atoms with Crippen LogP contribution in [0.2, 0.25) is 0 Å². The highest BCUT2D eigenvalue weighted by molar-refractivity contribution is 6.16. The van der Waals surface area contributed by atoms with Crippen molar-refractivity contribution in [3.63, 3.8) is 0 Å². The molecule has 8 aromatic carbocycles. The smallest absolute Gasteiger partial charge is 0.184 e. The maximum atomic E-state index is 5.32. The first kappa shape index (κ1) is 32.2. The van der Waals surface area contributed by atoms with Crippen LogP contribution in [0.4, 0.5) is 0 Å². The van der Waals surface area contributed by atoms with Crippen molar-refractivity contribution in [2.75, 3.05) is 0 Å². The van der Waals surface area contributed by atoms with E-state index >= 15 is 0 Å². The van der Waals surface area contributed by atoms with Crippen LogP contribution in [0.1, 0.15) is 23.6 Å². The second-order valence-electron chi connectivity index (χ2n) is 14.5. The number of amidine groups is 1. The average Bonchev–Trinajstić information content (AvgIpc) is 3.80. The van der Waals surface area contributed by atoms with Crippen molar-refractivity contribution in [1.29, 1.82) is 0 Å². The summed E-state index contributed by atoms with van der Waals surface area (Å²) in [7, 11) is 0. The number of aliphatic imine (C=N–C) groups is 1. The highest BCUT2D eigenvalue weighted by Gasteiger charge is 2.28. The third-order valence-corrected chi connectivity index (χ3v) is 11.2. The van der Waals surface area contributed by atoms with Crippen molar-refractivity contribution < 1.29 is 0 Å². The molecule has 0 radical (unpaired) electrons. The molecule has 56 heavy (non-hydrogen) atoms. The van der Waals surface area contributed by atoms with Gasteiger partial charge in [-0.3, -0.25) is 5.32 Å². The van der Waals surface area contributed by atoms with E-state index in [1.807, 2.05) is 6.07 Å². The number of nitrogens with one attached hydrogen (secondary N) is 2. The van der Waals surface area contributed by atoms with E-state index in [4.69, 9.17) is 4.99 Å². The van der Waals surface area contributed by atoms with Crippen LogP contribution in [0.25, 0.3) is 71.6 Å². The van der Waals surface area contributed by atoms with Crippen LogP contribution in [0.15, 0.2) is 205 Å². The molecule has 11 rings (SSSR count). The Hall–Kier alpha value is -7.21. The number of benzene rings is 8. The number of nitrogens with zero attached hydrogens (tertiary/aromatic N) is 3. The molecule has 5 heteroatoms. The average molecular weight is 720 g/mol. The first-order valence-electron chi connectivity index (χ1n) is 19.2. The van der Waals surface area contributed by atoms with Crippen molar-refractivity contribution in [2.45, 2.75) is 12.5 Å². The highest BCUT2D eigenvalue weighted by atomic mass is 15.4. The molecule has 0 bridgehead atoms. The number of fused-ring (bicyclic) bond motifs is 6. The van der Waals surface area contributed by atoms with Gasteiger partial charge in [0, 0.05) is 32.8 Å². The molecular weight excluding hydrogens is 683 g/mol. The molecule has 2 aromatic heterocycles. The molecule has 0 saturated heterocycles. The molecule has 0 aliphatic carbocycles. The summed E-state index contributed by atoms with van der Waals surface area (Å²) in [5.74, 6) is 0.865. The number of rotatable bonds is 6. The topological polar surface area (TPSA) is 46.3 Å². The third kappa shape index (κ3) is 5.32. The minimum absolute atomic E-state index is 0.127. The van der Waals surface area contributed by atoms with Gasteiger partial charge < -0.3 is 14.5 Å². The van der Waals surface area contributed by atoms with Gasteiger partial charge in [-0.05, 0) is 76.3 Å². The zero-order valence-corrected chi connectivity index (χ0v) is 30.5. The fraction of sp³-hybridized carbons (Fsp3) is 0.0392. The summed E-state index contributed by atoms with van der Waals surface area (Å²) in [5.41, 5.74) is 12.8. The largest absolute Gasteiger partial charge is 0.350 e. The second kappa shape index (κ2) is 13.3. The van der Waals surface area contributed by atoms with Crippen molar-refractivity contribution in [3.8, 4) is 27.9 Å². The van der Waals surface area contributed by atoms with E-state index in [1.54, 1.807) is 0 Å². The van der Waals surface area contributed by atoms with Crippen molar-refractivity contribution in [2.24, 2.45) is 4.99 Å². The molecule has 2 atom stereocenters. The zero-order valence-electron chi connectivity index (χ0n) is 30.5. The lowest BCUT2D eigenvalue weighted by molar-refractivity contribution is 0.341. The molecule has 2 unspecified atom stereocenters. The maximum Gasteiger partial charge on any atom is 0.184 e. The van der Waals surface area contributed by atoms with Gasteiger partial charge in [-0.2, -0.15) is 0 Å². The summed E-state index contributed by atoms with van der Waals surface area (Å²) in [4.78, 5) is 5.32. The number of aromatic nitrogens is 2. The van der Waals surface area contributed by atoms with Crippen LogP contribution in [-0.4, -0.2) is 15.0 Å². The Morgan fingerprint density at radius 1 is 0.429 bits per heavy atom. The van der Waals surface area contributed by atoms with Crippen LogP contribution in [0, 0.1) is 0 Å². The molecule has 0 saturated carbocycles. The molecule has 1 aliphatic rings. The van der Waals surface area contributed by atoms with E-state index in [2.05, 4.69) is 214 Å². The maximum absolute atomic E-state index is 5.32. The third-order valence-electron chi connectivity index (χ3n) is 11.2. The minimum atomic E-state index is -0.341. The summed E-state index contributed by atoms with van der Waals surface area (Å²) in [5, 5.41) is 12.4. The number of para-hydroxylation sites is 3. The molecule has 0 amide bonds.